The van der Waals surface area contributed by atoms with Crippen LogP contribution in [0.2, 0.25) is 0 Å². The average Bonchev–Trinajstić information content (AvgIpc) is 2.95. The smallest absolute Gasteiger partial charge is 0.339 e. The van der Waals surface area contributed by atoms with E-state index in [-0.39, 0.29) is 11.1 Å². The number of ether oxygens (including phenoxy) is 2. The third-order valence-corrected chi connectivity index (χ3v) is 7.87. The monoisotopic (exact) mass is 482 g/mol. The maximum absolute atomic E-state index is 13.6. The highest BCUT2D eigenvalue weighted by Crippen LogP contribution is 2.43. The van der Waals surface area contributed by atoms with Crippen molar-refractivity contribution in [3.63, 3.8) is 0 Å². The summed E-state index contributed by atoms with van der Waals surface area (Å²) >= 11 is 0. The standard InChI is InChI=1S/C32H34O4/c33-29(35-31(21-11-3-12-22-31)25-15-5-1-6-16-25)27-19-9-10-20-28(27)30(34)36-32(23-13-4-14-24-32)26-17-7-2-8-18-26/h1-2,5-10,15-20H,3-4,11-14,21-24H2. The summed E-state index contributed by atoms with van der Waals surface area (Å²) in [6.45, 7) is 0. The van der Waals surface area contributed by atoms with Crippen LogP contribution >= 0.6 is 0 Å². The van der Waals surface area contributed by atoms with E-state index in [1.807, 2.05) is 60.7 Å². The number of carbonyl (C=O) groups is 2. The lowest BCUT2D eigenvalue weighted by molar-refractivity contribution is -0.0455. The molecule has 0 unspecified atom stereocenters. The Morgan fingerprint density at radius 2 is 0.806 bits per heavy atom. The Morgan fingerprint density at radius 3 is 1.17 bits per heavy atom. The van der Waals surface area contributed by atoms with Crippen LogP contribution in [0, 0.1) is 0 Å². The number of hydrogen-bond acceptors (Lipinski definition) is 4. The molecule has 0 atom stereocenters. The predicted molar refractivity (Wildman–Crippen MR) is 140 cm³/mol. The summed E-state index contributed by atoms with van der Waals surface area (Å²) in [4.78, 5) is 27.3. The predicted octanol–water partition coefficient (Wildman–Crippen LogP) is 7.72. The molecule has 2 aliphatic carbocycles. The number of hydrogen-bond donors (Lipinski definition) is 0. The van der Waals surface area contributed by atoms with E-state index in [1.165, 1.54) is 0 Å². The van der Waals surface area contributed by atoms with Gasteiger partial charge in [-0.2, -0.15) is 0 Å². The van der Waals surface area contributed by atoms with Gasteiger partial charge in [0.05, 0.1) is 11.1 Å². The van der Waals surface area contributed by atoms with Crippen molar-refractivity contribution in [1.29, 1.82) is 0 Å². The quantitative estimate of drug-likeness (QED) is 0.338. The van der Waals surface area contributed by atoms with Crippen molar-refractivity contribution in [2.24, 2.45) is 0 Å². The molecule has 5 rings (SSSR count). The van der Waals surface area contributed by atoms with Gasteiger partial charge in [-0.15, -0.1) is 0 Å². The van der Waals surface area contributed by atoms with E-state index >= 15 is 0 Å². The van der Waals surface area contributed by atoms with E-state index < -0.39 is 23.1 Å². The molecule has 2 saturated carbocycles. The molecule has 0 N–H and O–H groups in total. The molecule has 3 aromatic rings. The van der Waals surface area contributed by atoms with Crippen molar-refractivity contribution >= 4 is 11.9 Å². The third-order valence-electron chi connectivity index (χ3n) is 7.87. The van der Waals surface area contributed by atoms with Crippen LogP contribution in [0.15, 0.2) is 84.9 Å². The number of benzene rings is 3. The minimum absolute atomic E-state index is 0.266. The van der Waals surface area contributed by atoms with Gasteiger partial charge in [0.15, 0.2) is 0 Å². The van der Waals surface area contributed by atoms with Crippen LogP contribution < -0.4 is 0 Å². The number of rotatable bonds is 6. The molecule has 0 spiro atoms. The number of esters is 2. The van der Waals surface area contributed by atoms with E-state index in [9.17, 15) is 9.59 Å². The van der Waals surface area contributed by atoms with Crippen LogP contribution in [0.3, 0.4) is 0 Å². The van der Waals surface area contributed by atoms with Crippen LogP contribution in [0.4, 0.5) is 0 Å². The molecule has 4 nitrogen and oxygen atoms in total. The summed E-state index contributed by atoms with van der Waals surface area (Å²) in [7, 11) is 0. The Kier molecular flexibility index (Phi) is 7.22. The van der Waals surface area contributed by atoms with E-state index in [0.29, 0.717) is 0 Å². The van der Waals surface area contributed by atoms with Gasteiger partial charge in [0.1, 0.15) is 11.2 Å². The van der Waals surface area contributed by atoms with Gasteiger partial charge in [-0.25, -0.2) is 9.59 Å². The molecule has 0 aliphatic heterocycles. The zero-order chi connectivity index (χ0) is 24.8. The van der Waals surface area contributed by atoms with Crippen molar-refractivity contribution in [1.82, 2.24) is 0 Å². The van der Waals surface area contributed by atoms with Gasteiger partial charge in [0.2, 0.25) is 0 Å². The minimum atomic E-state index is -0.664. The van der Waals surface area contributed by atoms with Gasteiger partial charge >= 0.3 is 11.9 Å². The summed E-state index contributed by atoms with van der Waals surface area (Å²) in [5.74, 6) is -0.934. The fourth-order valence-corrected chi connectivity index (χ4v) is 5.93. The number of carbonyl (C=O) groups excluding carboxylic acids is 2. The molecule has 0 radical (unpaired) electrons. The molecule has 4 heteroatoms. The Hall–Kier alpha value is -3.40. The van der Waals surface area contributed by atoms with Gasteiger partial charge < -0.3 is 9.47 Å². The fraction of sp³-hybridized carbons (Fsp3) is 0.375. The SMILES string of the molecule is O=C(OC1(c2ccccc2)CCCCC1)c1ccccc1C(=O)OC1(c2ccccc2)CCCCC1. The topological polar surface area (TPSA) is 52.6 Å². The first-order chi connectivity index (χ1) is 17.6. The van der Waals surface area contributed by atoms with Crippen molar-refractivity contribution < 1.29 is 19.1 Å². The second-order valence-corrected chi connectivity index (χ2v) is 10.2. The highest BCUT2D eigenvalue weighted by atomic mass is 16.6. The summed E-state index contributed by atoms with van der Waals surface area (Å²) in [5.41, 5.74) is 1.24. The molecule has 0 amide bonds. The van der Waals surface area contributed by atoms with Crippen molar-refractivity contribution in [3.05, 3.63) is 107 Å². The van der Waals surface area contributed by atoms with E-state index in [2.05, 4.69) is 0 Å². The van der Waals surface area contributed by atoms with Gasteiger partial charge in [-0.1, -0.05) is 85.6 Å². The average molecular weight is 483 g/mol. The van der Waals surface area contributed by atoms with Crippen LogP contribution in [0.5, 0.6) is 0 Å². The Labute approximate surface area is 213 Å². The van der Waals surface area contributed by atoms with Crippen LogP contribution in [0.1, 0.15) is 96.1 Å². The maximum atomic E-state index is 13.6. The zero-order valence-electron chi connectivity index (χ0n) is 20.8. The van der Waals surface area contributed by atoms with Gasteiger partial charge in [-0.3, -0.25) is 0 Å². The zero-order valence-corrected chi connectivity index (χ0v) is 20.8. The summed E-state index contributed by atoms with van der Waals surface area (Å²) in [6.07, 6.45) is 9.43. The molecule has 0 bridgehead atoms. The van der Waals surface area contributed by atoms with Crippen molar-refractivity contribution in [2.45, 2.75) is 75.4 Å². The molecule has 0 aromatic heterocycles. The highest BCUT2D eigenvalue weighted by Gasteiger charge is 2.41. The van der Waals surface area contributed by atoms with E-state index in [0.717, 1.165) is 75.3 Å². The van der Waals surface area contributed by atoms with E-state index in [1.54, 1.807) is 24.3 Å². The normalized spacial score (nSPS) is 18.7. The lowest BCUT2D eigenvalue weighted by atomic mass is 9.79. The molecule has 3 aromatic carbocycles. The second kappa shape index (κ2) is 10.7. The van der Waals surface area contributed by atoms with E-state index in [4.69, 9.17) is 9.47 Å². The summed E-state index contributed by atoms with van der Waals surface area (Å²) < 4.78 is 12.6. The van der Waals surface area contributed by atoms with Gasteiger partial charge in [0, 0.05) is 0 Å². The molecule has 0 heterocycles. The molecule has 0 saturated heterocycles. The molecule has 2 aliphatic rings. The molecule has 2 fully saturated rings. The molecule has 36 heavy (non-hydrogen) atoms. The van der Waals surface area contributed by atoms with Crippen LogP contribution in [-0.4, -0.2) is 11.9 Å². The lowest BCUT2D eigenvalue weighted by Crippen LogP contribution is -2.36. The van der Waals surface area contributed by atoms with Crippen LogP contribution in [0.25, 0.3) is 0 Å². The molecular formula is C32H34O4. The Morgan fingerprint density at radius 1 is 0.472 bits per heavy atom. The lowest BCUT2D eigenvalue weighted by Gasteiger charge is -2.38. The first kappa shape index (κ1) is 24.3. The minimum Gasteiger partial charge on any atom is -0.451 e. The first-order valence-corrected chi connectivity index (χ1v) is 13.3. The summed E-state index contributed by atoms with van der Waals surface area (Å²) in [6, 6.07) is 26.9. The second-order valence-electron chi connectivity index (χ2n) is 10.2. The Bertz CT molecular complexity index is 1080. The summed E-state index contributed by atoms with van der Waals surface area (Å²) in [5, 5.41) is 0. The first-order valence-electron chi connectivity index (χ1n) is 13.3. The van der Waals surface area contributed by atoms with Crippen molar-refractivity contribution in [2.75, 3.05) is 0 Å². The van der Waals surface area contributed by atoms with Gasteiger partial charge in [-0.05, 0) is 74.6 Å². The highest BCUT2D eigenvalue weighted by molar-refractivity contribution is 6.03. The largest absolute Gasteiger partial charge is 0.451 e. The van der Waals surface area contributed by atoms with Gasteiger partial charge in [0.25, 0.3) is 0 Å². The Balaban J connectivity index is 1.43. The maximum Gasteiger partial charge on any atom is 0.339 e. The fourth-order valence-electron chi connectivity index (χ4n) is 5.93. The molecular weight excluding hydrogens is 448 g/mol. The molecule has 186 valence electrons. The third kappa shape index (κ3) is 4.95. The van der Waals surface area contributed by atoms with Crippen molar-refractivity contribution in [3.8, 4) is 0 Å². The van der Waals surface area contributed by atoms with Crippen LogP contribution in [-0.2, 0) is 20.7 Å².